The highest BCUT2D eigenvalue weighted by atomic mass is 32.2. The Morgan fingerprint density at radius 2 is 2.67 bits per heavy atom. The molecule has 2 rings (SSSR count). The molecule has 1 saturated heterocycles. The molecule has 0 unspecified atom stereocenters. The molecular weight excluding hydrogens is 218 g/mol. The molecule has 15 heavy (non-hydrogen) atoms. The fourth-order valence-corrected chi connectivity index (χ4v) is 2.26. The van der Waals surface area contributed by atoms with Crippen LogP contribution in [0.3, 0.4) is 0 Å². The van der Waals surface area contributed by atoms with Crippen LogP contribution in [0.5, 0.6) is 0 Å². The fraction of sp³-hybridized carbons (Fsp3) is 0.500. The molecule has 1 aliphatic heterocycles. The van der Waals surface area contributed by atoms with E-state index in [4.69, 9.17) is 15.6 Å². The molecule has 2 heterocycles. The van der Waals surface area contributed by atoms with Gasteiger partial charge in [0, 0.05) is 11.9 Å². The highest BCUT2D eigenvalue weighted by Crippen LogP contribution is 2.31. The first-order chi connectivity index (χ1) is 7.20. The molecule has 0 saturated carbocycles. The molecule has 1 aromatic heterocycles. The van der Waals surface area contributed by atoms with Gasteiger partial charge in [-0.05, 0) is 0 Å². The van der Waals surface area contributed by atoms with Gasteiger partial charge in [-0.1, -0.05) is 0 Å². The Morgan fingerprint density at radius 1 is 1.87 bits per heavy atom. The molecule has 0 aliphatic carbocycles. The van der Waals surface area contributed by atoms with E-state index in [9.17, 15) is 4.79 Å². The normalized spacial score (nSPS) is 25.7. The van der Waals surface area contributed by atoms with Crippen molar-refractivity contribution in [1.29, 1.82) is 0 Å². The number of ether oxygens (including phenoxy) is 1. The van der Waals surface area contributed by atoms with Crippen LogP contribution in [-0.4, -0.2) is 38.4 Å². The second-order valence-electron chi connectivity index (χ2n) is 3.11. The van der Waals surface area contributed by atoms with E-state index in [1.165, 1.54) is 18.1 Å². The van der Waals surface area contributed by atoms with Crippen molar-refractivity contribution < 1.29 is 14.6 Å². The van der Waals surface area contributed by atoms with Crippen molar-refractivity contribution in [2.24, 2.45) is 5.73 Å². The van der Waals surface area contributed by atoms with E-state index in [0.29, 0.717) is 0 Å². The molecule has 2 atom stereocenters. The van der Waals surface area contributed by atoms with Gasteiger partial charge in [0.25, 0.3) is 5.91 Å². The van der Waals surface area contributed by atoms with Crippen molar-refractivity contribution in [3.8, 4) is 0 Å². The zero-order chi connectivity index (χ0) is 10.8. The number of amides is 1. The minimum absolute atomic E-state index is 0.0153. The second kappa shape index (κ2) is 4.21. The minimum atomic E-state index is -0.557. The fourth-order valence-electron chi connectivity index (χ4n) is 1.32. The average molecular weight is 229 g/mol. The summed E-state index contributed by atoms with van der Waals surface area (Å²) in [6.07, 6.45) is 2.87. The number of primary amides is 1. The van der Waals surface area contributed by atoms with Gasteiger partial charge in [-0.3, -0.25) is 4.79 Å². The van der Waals surface area contributed by atoms with Gasteiger partial charge in [-0.15, -0.1) is 11.8 Å². The van der Waals surface area contributed by atoms with Crippen LogP contribution >= 0.6 is 11.8 Å². The number of hydrogen-bond donors (Lipinski definition) is 2. The number of rotatable bonds is 3. The van der Waals surface area contributed by atoms with E-state index < -0.39 is 5.91 Å². The second-order valence-corrected chi connectivity index (χ2v) is 4.30. The van der Waals surface area contributed by atoms with Gasteiger partial charge in [-0.25, -0.2) is 4.98 Å². The molecule has 1 amide bonds. The van der Waals surface area contributed by atoms with Gasteiger partial charge in [0.2, 0.25) is 0 Å². The number of aromatic nitrogens is 2. The van der Waals surface area contributed by atoms with Gasteiger partial charge >= 0.3 is 0 Å². The molecule has 7 heteroatoms. The molecule has 1 aliphatic rings. The molecule has 6 nitrogen and oxygen atoms in total. The van der Waals surface area contributed by atoms with E-state index in [2.05, 4.69) is 4.98 Å². The topological polar surface area (TPSA) is 90.4 Å². The Hall–Kier alpha value is -1.05. The van der Waals surface area contributed by atoms with Crippen LogP contribution in [0.1, 0.15) is 16.7 Å². The third-order valence-electron chi connectivity index (χ3n) is 2.07. The first kappa shape index (κ1) is 10.5. The highest BCUT2D eigenvalue weighted by molar-refractivity contribution is 8.00. The van der Waals surface area contributed by atoms with Crippen molar-refractivity contribution in [1.82, 2.24) is 9.55 Å². The molecule has 0 spiro atoms. The Bertz CT molecular complexity index is 368. The monoisotopic (exact) mass is 229 g/mol. The first-order valence-corrected chi connectivity index (χ1v) is 5.47. The van der Waals surface area contributed by atoms with Gasteiger partial charge in [-0.2, -0.15) is 0 Å². The van der Waals surface area contributed by atoms with Crippen molar-refractivity contribution in [3.05, 3.63) is 18.2 Å². The van der Waals surface area contributed by atoms with Crippen LogP contribution in [0.15, 0.2) is 12.5 Å². The summed E-state index contributed by atoms with van der Waals surface area (Å²) < 4.78 is 7.16. The zero-order valence-corrected chi connectivity index (χ0v) is 8.68. The summed E-state index contributed by atoms with van der Waals surface area (Å²) >= 11 is 1.53. The lowest BCUT2D eigenvalue weighted by Gasteiger charge is -2.11. The van der Waals surface area contributed by atoms with Crippen LogP contribution in [0.25, 0.3) is 0 Å². The van der Waals surface area contributed by atoms with E-state index in [1.54, 1.807) is 10.8 Å². The number of hydrogen-bond acceptors (Lipinski definition) is 5. The van der Waals surface area contributed by atoms with E-state index >= 15 is 0 Å². The van der Waals surface area contributed by atoms with Crippen LogP contribution in [0.4, 0.5) is 0 Å². The van der Waals surface area contributed by atoms with E-state index in [-0.39, 0.29) is 24.0 Å². The first-order valence-electron chi connectivity index (χ1n) is 4.42. The SMILES string of the molecule is NC(=O)c1cn([C@H]2CS[C@H](CO)O2)cn1. The summed E-state index contributed by atoms with van der Waals surface area (Å²) in [5.41, 5.74) is 5.10. The summed E-state index contributed by atoms with van der Waals surface area (Å²) in [5.74, 6) is 0.165. The number of aliphatic hydroxyl groups excluding tert-OH is 1. The van der Waals surface area contributed by atoms with E-state index in [1.807, 2.05) is 0 Å². The number of nitrogens with zero attached hydrogens (tertiary/aromatic N) is 2. The van der Waals surface area contributed by atoms with Gasteiger partial charge in [0.05, 0.1) is 12.9 Å². The quantitative estimate of drug-likeness (QED) is 0.733. The summed E-state index contributed by atoms with van der Waals surface area (Å²) in [5, 5.41) is 8.88. The number of imidazole rings is 1. The Morgan fingerprint density at radius 3 is 3.20 bits per heavy atom. The Balaban J connectivity index is 2.07. The molecular formula is C8H11N3O3S. The molecule has 3 N–H and O–H groups in total. The standard InChI is InChI=1S/C8H11N3O3S/c9-8(13)5-1-11(4-10-5)6-3-15-7(2-12)14-6/h1,4,6-7,12H,2-3H2,(H2,9,13)/t6-,7-/m1/s1. The van der Waals surface area contributed by atoms with Gasteiger partial charge in [0.15, 0.2) is 0 Å². The molecule has 1 aromatic rings. The summed E-state index contributed by atoms with van der Waals surface area (Å²) in [6, 6.07) is 0. The largest absolute Gasteiger partial charge is 0.393 e. The smallest absolute Gasteiger partial charge is 0.268 e. The molecule has 0 aromatic carbocycles. The van der Waals surface area contributed by atoms with Crippen LogP contribution < -0.4 is 5.73 Å². The maximum atomic E-state index is 10.8. The number of aliphatic hydroxyl groups is 1. The maximum absolute atomic E-state index is 10.8. The Labute approximate surface area is 90.4 Å². The zero-order valence-electron chi connectivity index (χ0n) is 7.87. The van der Waals surface area contributed by atoms with Crippen molar-refractivity contribution in [3.63, 3.8) is 0 Å². The molecule has 82 valence electrons. The summed E-state index contributed by atoms with van der Waals surface area (Å²) in [7, 11) is 0. The lowest BCUT2D eigenvalue weighted by Crippen LogP contribution is -2.14. The summed E-state index contributed by atoms with van der Waals surface area (Å²) in [4.78, 5) is 14.7. The van der Waals surface area contributed by atoms with Crippen LogP contribution in [0, 0.1) is 0 Å². The predicted octanol–water partition coefficient (Wildman–Crippen LogP) is -0.438. The van der Waals surface area contributed by atoms with Gasteiger partial charge in [0.1, 0.15) is 17.4 Å². The predicted molar refractivity (Wildman–Crippen MR) is 54.2 cm³/mol. The number of carbonyl (C=O) groups excluding carboxylic acids is 1. The third kappa shape index (κ3) is 2.14. The number of carbonyl (C=O) groups is 1. The minimum Gasteiger partial charge on any atom is -0.393 e. The average Bonchev–Trinajstić information content (AvgIpc) is 2.86. The van der Waals surface area contributed by atoms with Crippen LogP contribution in [0.2, 0.25) is 0 Å². The highest BCUT2D eigenvalue weighted by Gasteiger charge is 2.26. The lowest BCUT2D eigenvalue weighted by molar-refractivity contribution is -0.00383. The van der Waals surface area contributed by atoms with Crippen molar-refractivity contribution in [2.75, 3.05) is 12.4 Å². The number of thioether (sulfide) groups is 1. The third-order valence-corrected chi connectivity index (χ3v) is 3.18. The van der Waals surface area contributed by atoms with Crippen LogP contribution in [-0.2, 0) is 4.74 Å². The van der Waals surface area contributed by atoms with Gasteiger partial charge < -0.3 is 20.1 Å². The van der Waals surface area contributed by atoms with Crippen molar-refractivity contribution in [2.45, 2.75) is 11.7 Å². The molecule has 0 bridgehead atoms. The lowest BCUT2D eigenvalue weighted by atomic mass is 10.4. The maximum Gasteiger partial charge on any atom is 0.268 e. The van der Waals surface area contributed by atoms with Crippen molar-refractivity contribution >= 4 is 17.7 Å². The Kier molecular flexibility index (Phi) is 2.94. The van der Waals surface area contributed by atoms with E-state index in [0.717, 1.165) is 5.75 Å². The molecule has 0 radical (unpaired) electrons. The number of nitrogens with two attached hydrogens (primary N) is 1. The summed E-state index contributed by atoms with van der Waals surface area (Å²) in [6.45, 7) is -0.0153. The molecule has 1 fully saturated rings.